The Balaban J connectivity index is 2.03. The second-order valence-electron chi connectivity index (χ2n) is 2.28. The van der Waals surface area contributed by atoms with E-state index in [0.717, 1.165) is 10.2 Å². The first-order chi connectivity index (χ1) is 3.95. The molecule has 2 rings (SSSR count). The molecule has 2 fully saturated rings. The Morgan fingerprint density at radius 3 is 3.12 bits per heavy atom. The summed E-state index contributed by atoms with van der Waals surface area (Å²) in [5.74, 6) is 0. The Labute approximate surface area is 59.7 Å². The molecule has 3 heteroatoms. The largest absolute Gasteiger partial charge is 0.107 e. The SMILES string of the molecule is C1CC2CC(P1)SS2. The molecule has 8 heavy (non-hydrogen) atoms. The van der Waals surface area contributed by atoms with E-state index >= 15 is 0 Å². The summed E-state index contributed by atoms with van der Waals surface area (Å²) < 4.78 is 0. The standard InChI is InChI=1S/C5H9PS2/c1-2-6-5-3-4(1)7-8-5/h4-6H,1-3H2. The quantitative estimate of drug-likeness (QED) is 0.398. The Morgan fingerprint density at radius 1 is 1.38 bits per heavy atom. The molecule has 0 radical (unpaired) electrons. The highest BCUT2D eigenvalue weighted by Crippen LogP contribution is 2.55. The van der Waals surface area contributed by atoms with Gasteiger partial charge in [0.1, 0.15) is 0 Å². The van der Waals surface area contributed by atoms with Gasteiger partial charge in [0.05, 0.1) is 0 Å². The Bertz CT molecular complexity index is 82.4. The van der Waals surface area contributed by atoms with Gasteiger partial charge in [-0.25, -0.2) is 0 Å². The first-order valence-corrected chi connectivity index (χ1v) is 6.57. The van der Waals surface area contributed by atoms with Crippen molar-refractivity contribution in [2.45, 2.75) is 23.1 Å². The van der Waals surface area contributed by atoms with Crippen molar-refractivity contribution in [2.24, 2.45) is 0 Å². The van der Waals surface area contributed by atoms with Crippen LogP contribution in [0.25, 0.3) is 0 Å². The lowest BCUT2D eigenvalue weighted by Crippen LogP contribution is -2.07. The van der Waals surface area contributed by atoms with Crippen molar-refractivity contribution < 1.29 is 0 Å². The van der Waals surface area contributed by atoms with Gasteiger partial charge in [0.15, 0.2) is 0 Å². The predicted octanol–water partition coefficient (Wildman–Crippen LogP) is 2.55. The second-order valence-corrected chi connectivity index (χ2v) is 7.08. The van der Waals surface area contributed by atoms with Crippen LogP contribution in [0.15, 0.2) is 0 Å². The van der Waals surface area contributed by atoms with Crippen LogP contribution in [-0.2, 0) is 0 Å². The normalized spacial score (nSPS) is 48.0. The summed E-state index contributed by atoms with van der Waals surface area (Å²) in [7, 11) is 5.56. The lowest BCUT2D eigenvalue weighted by atomic mass is 10.2. The van der Waals surface area contributed by atoms with Crippen molar-refractivity contribution in [3.63, 3.8) is 0 Å². The summed E-state index contributed by atoms with van der Waals surface area (Å²) in [4.78, 5) is 1.07. The minimum atomic E-state index is 1.05. The zero-order valence-electron chi connectivity index (χ0n) is 4.59. The van der Waals surface area contributed by atoms with Gasteiger partial charge in [-0.1, -0.05) is 21.6 Å². The second kappa shape index (κ2) is 2.40. The van der Waals surface area contributed by atoms with E-state index in [-0.39, 0.29) is 0 Å². The van der Waals surface area contributed by atoms with Crippen LogP contribution in [0.1, 0.15) is 12.8 Å². The maximum Gasteiger partial charge on any atom is 0.0333 e. The molecule has 2 heterocycles. The topological polar surface area (TPSA) is 0 Å². The molecule has 0 aromatic heterocycles. The average Bonchev–Trinajstić information content (AvgIpc) is 2.12. The first-order valence-electron chi connectivity index (χ1n) is 3.01. The van der Waals surface area contributed by atoms with Crippen LogP contribution < -0.4 is 0 Å². The molecule has 0 nitrogen and oxygen atoms in total. The molecule has 0 amide bonds. The van der Waals surface area contributed by atoms with Crippen LogP contribution in [0.3, 0.4) is 0 Å². The van der Waals surface area contributed by atoms with Crippen LogP contribution >= 0.6 is 30.2 Å². The van der Waals surface area contributed by atoms with Gasteiger partial charge in [0.2, 0.25) is 0 Å². The molecule has 0 aromatic carbocycles. The maximum atomic E-state index is 2.14. The summed E-state index contributed by atoms with van der Waals surface area (Å²) in [5, 5.41) is 1.05. The predicted molar refractivity (Wildman–Crippen MR) is 45.2 cm³/mol. The van der Waals surface area contributed by atoms with Gasteiger partial charge in [-0.05, 0) is 19.0 Å². The van der Waals surface area contributed by atoms with E-state index in [1.807, 2.05) is 0 Å². The third kappa shape index (κ3) is 1.03. The Hall–Kier alpha value is 1.13. The fourth-order valence-corrected chi connectivity index (χ4v) is 7.40. The van der Waals surface area contributed by atoms with Crippen LogP contribution in [0, 0.1) is 0 Å². The lowest BCUT2D eigenvalue weighted by Gasteiger charge is -2.14. The molecular weight excluding hydrogens is 155 g/mol. The zero-order valence-corrected chi connectivity index (χ0v) is 7.23. The minimum Gasteiger partial charge on any atom is -0.107 e. The third-order valence-corrected chi connectivity index (χ3v) is 7.34. The molecule has 2 bridgehead atoms. The summed E-state index contributed by atoms with van der Waals surface area (Å²) in [6, 6.07) is 0. The van der Waals surface area contributed by atoms with Crippen molar-refractivity contribution in [1.29, 1.82) is 0 Å². The average molecular weight is 164 g/mol. The molecule has 3 atom stereocenters. The van der Waals surface area contributed by atoms with Crippen LogP contribution in [0.5, 0.6) is 0 Å². The smallest absolute Gasteiger partial charge is 0.0333 e. The van der Waals surface area contributed by atoms with E-state index < -0.39 is 0 Å². The Kier molecular flexibility index (Phi) is 1.76. The van der Waals surface area contributed by atoms with E-state index in [0.29, 0.717) is 0 Å². The van der Waals surface area contributed by atoms with E-state index in [9.17, 15) is 0 Å². The number of hydrogen-bond acceptors (Lipinski definition) is 2. The molecule has 2 aliphatic rings. The van der Waals surface area contributed by atoms with E-state index in [4.69, 9.17) is 0 Å². The van der Waals surface area contributed by atoms with Crippen LogP contribution in [0.4, 0.5) is 0 Å². The number of rotatable bonds is 0. The highest BCUT2D eigenvalue weighted by Gasteiger charge is 2.29. The highest BCUT2D eigenvalue weighted by molar-refractivity contribution is 8.78. The lowest BCUT2D eigenvalue weighted by molar-refractivity contribution is 0.774. The van der Waals surface area contributed by atoms with Gasteiger partial charge in [-0.15, -0.1) is 8.58 Å². The van der Waals surface area contributed by atoms with Crippen molar-refractivity contribution in [1.82, 2.24) is 0 Å². The summed E-state index contributed by atoms with van der Waals surface area (Å²) in [6.45, 7) is 0. The molecule has 0 saturated carbocycles. The molecule has 0 aliphatic carbocycles. The molecule has 3 unspecified atom stereocenters. The minimum absolute atomic E-state index is 1.05. The summed E-state index contributed by atoms with van der Waals surface area (Å²) in [5.41, 5.74) is 0. The molecule has 0 N–H and O–H groups in total. The number of fused-ring (bicyclic) bond motifs is 2. The van der Waals surface area contributed by atoms with E-state index in [1.54, 1.807) is 0 Å². The maximum absolute atomic E-state index is 2.14. The van der Waals surface area contributed by atoms with Gasteiger partial charge >= 0.3 is 0 Å². The van der Waals surface area contributed by atoms with E-state index in [1.165, 1.54) is 27.6 Å². The highest BCUT2D eigenvalue weighted by atomic mass is 33.1. The van der Waals surface area contributed by atoms with Crippen molar-refractivity contribution >= 4 is 30.2 Å². The van der Waals surface area contributed by atoms with Crippen LogP contribution in [-0.4, -0.2) is 16.4 Å². The third-order valence-electron chi connectivity index (χ3n) is 1.62. The van der Waals surface area contributed by atoms with Crippen molar-refractivity contribution in [3.05, 3.63) is 0 Å². The zero-order chi connectivity index (χ0) is 5.40. The molecular formula is C5H9PS2. The van der Waals surface area contributed by atoms with E-state index in [2.05, 4.69) is 21.6 Å². The number of hydrogen-bond donors (Lipinski definition) is 0. The first kappa shape index (κ1) is 5.88. The Morgan fingerprint density at radius 2 is 2.38 bits per heavy atom. The van der Waals surface area contributed by atoms with Crippen molar-refractivity contribution in [2.75, 3.05) is 6.16 Å². The van der Waals surface area contributed by atoms with Crippen molar-refractivity contribution in [3.8, 4) is 0 Å². The molecule has 2 saturated heterocycles. The summed E-state index contributed by atoms with van der Waals surface area (Å²) in [6.07, 6.45) is 4.55. The fourth-order valence-electron chi connectivity index (χ4n) is 1.15. The summed E-state index contributed by atoms with van der Waals surface area (Å²) >= 11 is 0. The molecule has 46 valence electrons. The van der Waals surface area contributed by atoms with Gasteiger partial charge in [0.25, 0.3) is 0 Å². The van der Waals surface area contributed by atoms with Gasteiger partial charge in [-0.2, -0.15) is 0 Å². The molecule has 0 spiro atoms. The monoisotopic (exact) mass is 164 g/mol. The molecule has 2 aliphatic heterocycles. The van der Waals surface area contributed by atoms with Crippen LogP contribution in [0.2, 0.25) is 0 Å². The fraction of sp³-hybridized carbons (Fsp3) is 1.00. The van der Waals surface area contributed by atoms with Gasteiger partial charge in [0, 0.05) is 10.2 Å². The molecule has 0 aromatic rings. The van der Waals surface area contributed by atoms with Gasteiger partial charge < -0.3 is 0 Å². The van der Waals surface area contributed by atoms with Gasteiger partial charge in [-0.3, -0.25) is 0 Å².